The van der Waals surface area contributed by atoms with Crippen LogP contribution in [-0.4, -0.2) is 33.1 Å². The fraction of sp³-hybridized carbons (Fsp3) is 0.500. The molecule has 3 aromatic rings. The van der Waals surface area contributed by atoms with Crippen molar-refractivity contribution in [3.05, 3.63) is 35.5 Å². The van der Waals surface area contributed by atoms with Gasteiger partial charge in [-0.3, -0.25) is 4.79 Å². The Balaban J connectivity index is 1.38. The summed E-state index contributed by atoms with van der Waals surface area (Å²) in [7, 11) is 0. The molecule has 0 aliphatic heterocycles. The first-order valence-electron chi connectivity index (χ1n) is 12.4. The predicted octanol–water partition coefficient (Wildman–Crippen LogP) is 8.85. The van der Waals surface area contributed by atoms with Crippen molar-refractivity contribution >= 4 is 58.0 Å². The standard InChI is InChI=1S/C26H32F3N3O2S3/c1-4-35-20-16-17(3)30-24(36-5-2)22(20)32-21(33)14-9-7-6-8-10-15-37-25-31-19-13-11-12-18(23(19)34-25)26(27,28)29/h11-13,16H,4-10,14-15H2,1-3H3,(H,32,33). The van der Waals surface area contributed by atoms with Crippen molar-refractivity contribution < 1.29 is 22.4 Å². The molecule has 5 nitrogen and oxygen atoms in total. The lowest BCUT2D eigenvalue weighted by molar-refractivity contribution is -0.136. The average Bonchev–Trinajstić information content (AvgIpc) is 3.25. The molecule has 1 aromatic carbocycles. The van der Waals surface area contributed by atoms with Gasteiger partial charge < -0.3 is 9.73 Å². The number of hydrogen-bond donors (Lipinski definition) is 1. The smallest absolute Gasteiger partial charge is 0.420 e. The number of carbonyl (C=O) groups is 1. The highest BCUT2D eigenvalue weighted by atomic mass is 32.2. The predicted molar refractivity (Wildman–Crippen MR) is 148 cm³/mol. The monoisotopic (exact) mass is 571 g/mol. The number of nitrogens with one attached hydrogen (secondary N) is 1. The van der Waals surface area contributed by atoms with Gasteiger partial charge in [0.25, 0.3) is 5.22 Å². The number of anilines is 1. The number of nitrogens with zero attached hydrogens (tertiary/aromatic N) is 2. The van der Waals surface area contributed by atoms with Crippen LogP contribution >= 0.6 is 35.3 Å². The van der Waals surface area contributed by atoms with E-state index < -0.39 is 11.7 Å². The Kier molecular flexibility index (Phi) is 11.5. The van der Waals surface area contributed by atoms with E-state index in [4.69, 9.17) is 4.42 Å². The van der Waals surface area contributed by atoms with Gasteiger partial charge in [0, 0.05) is 22.8 Å². The molecule has 0 atom stereocenters. The Morgan fingerprint density at radius 1 is 1.00 bits per heavy atom. The third-order valence-electron chi connectivity index (χ3n) is 5.40. The Hall–Kier alpha value is -1.85. The first-order valence-corrected chi connectivity index (χ1v) is 15.3. The van der Waals surface area contributed by atoms with Gasteiger partial charge in [-0.25, -0.2) is 9.97 Å². The summed E-state index contributed by atoms with van der Waals surface area (Å²) < 4.78 is 44.8. The number of aryl methyl sites for hydroxylation is 1. The van der Waals surface area contributed by atoms with Crippen LogP contribution in [0, 0.1) is 6.92 Å². The van der Waals surface area contributed by atoms with Gasteiger partial charge in [0.1, 0.15) is 16.1 Å². The number of benzene rings is 1. The summed E-state index contributed by atoms with van der Waals surface area (Å²) in [4.78, 5) is 22.5. The fourth-order valence-corrected chi connectivity index (χ4v) is 6.27. The Morgan fingerprint density at radius 2 is 1.73 bits per heavy atom. The van der Waals surface area contributed by atoms with E-state index in [0.29, 0.717) is 12.2 Å². The average molecular weight is 572 g/mol. The maximum atomic E-state index is 13.1. The van der Waals surface area contributed by atoms with E-state index in [0.717, 1.165) is 71.0 Å². The lowest BCUT2D eigenvalue weighted by Crippen LogP contribution is -2.13. The number of unbranched alkanes of at least 4 members (excludes halogenated alkanes) is 4. The van der Waals surface area contributed by atoms with E-state index in [-0.39, 0.29) is 22.2 Å². The van der Waals surface area contributed by atoms with Crippen molar-refractivity contribution in [3.8, 4) is 0 Å². The molecule has 0 aliphatic rings. The van der Waals surface area contributed by atoms with Crippen LogP contribution < -0.4 is 5.32 Å². The van der Waals surface area contributed by atoms with E-state index >= 15 is 0 Å². The number of carbonyl (C=O) groups excluding carboxylic acids is 1. The van der Waals surface area contributed by atoms with E-state index in [1.165, 1.54) is 23.9 Å². The highest BCUT2D eigenvalue weighted by Crippen LogP contribution is 2.37. The molecule has 2 heterocycles. The fourth-order valence-electron chi connectivity index (χ4n) is 3.73. The van der Waals surface area contributed by atoms with Crippen molar-refractivity contribution in [1.82, 2.24) is 9.97 Å². The van der Waals surface area contributed by atoms with Crippen molar-refractivity contribution in [2.75, 3.05) is 22.6 Å². The quantitative estimate of drug-likeness (QED) is 0.153. The number of alkyl halides is 3. The molecule has 0 aliphatic carbocycles. The molecular formula is C26H32F3N3O2S3. The van der Waals surface area contributed by atoms with E-state index in [1.807, 2.05) is 13.0 Å². The number of thioether (sulfide) groups is 3. The molecule has 0 fully saturated rings. The molecule has 11 heteroatoms. The van der Waals surface area contributed by atoms with Gasteiger partial charge in [-0.05, 0) is 49.5 Å². The second kappa shape index (κ2) is 14.3. The molecule has 1 N–H and O–H groups in total. The van der Waals surface area contributed by atoms with Gasteiger partial charge in [-0.1, -0.05) is 50.9 Å². The number of amides is 1. The van der Waals surface area contributed by atoms with Crippen LogP contribution in [0.4, 0.5) is 18.9 Å². The highest BCUT2D eigenvalue weighted by molar-refractivity contribution is 8.00. The number of aromatic nitrogens is 2. The van der Waals surface area contributed by atoms with Crippen LogP contribution in [0.1, 0.15) is 63.6 Å². The van der Waals surface area contributed by atoms with Crippen molar-refractivity contribution in [3.63, 3.8) is 0 Å². The lowest BCUT2D eigenvalue weighted by atomic mass is 10.1. The number of halogens is 3. The summed E-state index contributed by atoms with van der Waals surface area (Å²) in [5.74, 6) is 2.52. The molecule has 0 radical (unpaired) electrons. The minimum atomic E-state index is -4.47. The highest BCUT2D eigenvalue weighted by Gasteiger charge is 2.34. The lowest BCUT2D eigenvalue weighted by Gasteiger charge is -2.15. The molecule has 0 saturated carbocycles. The zero-order valence-corrected chi connectivity index (χ0v) is 23.7. The van der Waals surface area contributed by atoms with Crippen molar-refractivity contribution in [1.29, 1.82) is 0 Å². The zero-order valence-electron chi connectivity index (χ0n) is 21.2. The molecule has 0 bridgehead atoms. The van der Waals surface area contributed by atoms with E-state index in [1.54, 1.807) is 23.5 Å². The molecule has 0 spiro atoms. The summed E-state index contributed by atoms with van der Waals surface area (Å²) in [5, 5.41) is 4.23. The first-order chi connectivity index (χ1) is 17.7. The van der Waals surface area contributed by atoms with E-state index in [2.05, 4.69) is 29.1 Å². The third kappa shape index (κ3) is 8.85. The summed E-state index contributed by atoms with van der Waals surface area (Å²) in [6, 6.07) is 5.90. The van der Waals surface area contributed by atoms with Gasteiger partial charge in [0.2, 0.25) is 5.91 Å². The third-order valence-corrected chi connectivity index (χ3v) is 8.09. The first kappa shape index (κ1) is 29.7. The second-order valence-corrected chi connectivity index (χ2v) is 12.0. The summed E-state index contributed by atoms with van der Waals surface area (Å²) in [5.41, 5.74) is 0.988. The summed E-state index contributed by atoms with van der Waals surface area (Å²) >= 11 is 4.67. The zero-order chi connectivity index (χ0) is 26.8. The normalized spacial score (nSPS) is 11.8. The minimum Gasteiger partial charge on any atom is -0.431 e. The maximum Gasteiger partial charge on any atom is 0.420 e. The maximum absolute atomic E-state index is 13.1. The number of rotatable bonds is 14. The number of para-hydroxylation sites is 1. The van der Waals surface area contributed by atoms with Crippen molar-refractivity contribution in [2.24, 2.45) is 0 Å². The van der Waals surface area contributed by atoms with Crippen LogP contribution in [0.15, 0.2) is 43.8 Å². The summed E-state index contributed by atoms with van der Waals surface area (Å²) in [6.45, 7) is 6.14. The molecule has 2 aromatic heterocycles. The minimum absolute atomic E-state index is 0.00583. The van der Waals surface area contributed by atoms with Gasteiger partial charge in [-0.2, -0.15) is 13.2 Å². The van der Waals surface area contributed by atoms with Crippen LogP contribution in [0.25, 0.3) is 11.1 Å². The topological polar surface area (TPSA) is 68.0 Å². The van der Waals surface area contributed by atoms with Crippen LogP contribution in [0.5, 0.6) is 0 Å². The number of oxazole rings is 1. The molecule has 37 heavy (non-hydrogen) atoms. The van der Waals surface area contributed by atoms with Gasteiger partial charge in [0.15, 0.2) is 5.58 Å². The molecule has 3 rings (SSSR count). The second-order valence-electron chi connectivity index (χ2n) is 8.35. The number of pyridine rings is 1. The number of fused-ring (bicyclic) bond motifs is 1. The molecule has 0 unspecified atom stereocenters. The van der Waals surface area contributed by atoms with Crippen molar-refractivity contribution in [2.45, 2.75) is 80.6 Å². The Morgan fingerprint density at radius 3 is 2.46 bits per heavy atom. The van der Waals surface area contributed by atoms with Crippen LogP contribution in [0.2, 0.25) is 0 Å². The molecule has 1 amide bonds. The van der Waals surface area contributed by atoms with Gasteiger partial charge in [-0.15, -0.1) is 23.5 Å². The SMILES string of the molecule is CCSc1cc(C)nc(SCC)c1NC(=O)CCCCCCCSc1nc2cccc(C(F)(F)F)c2o1. The largest absolute Gasteiger partial charge is 0.431 e. The Bertz CT molecular complexity index is 1160. The Labute approximate surface area is 228 Å². The number of hydrogen-bond acceptors (Lipinski definition) is 7. The van der Waals surface area contributed by atoms with Crippen LogP contribution in [-0.2, 0) is 11.0 Å². The molecule has 202 valence electrons. The van der Waals surface area contributed by atoms with Gasteiger partial charge in [0.05, 0.1) is 5.69 Å². The van der Waals surface area contributed by atoms with Gasteiger partial charge >= 0.3 is 6.18 Å². The molecular weight excluding hydrogens is 540 g/mol. The molecule has 0 saturated heterocycles. The van der Waals surface area contributed by atoms with E-state index in [9.17, 15) is 18.0 Å². The summed E-state index contributed by atoms with van der Waals surface area (Å²) in [6.07, 6.45) is 0.581. The van der Waals surface area contributed by atoms with Crippen LogP contribution in [0.3, 0.4) is 0 Å².